The predicted octanol–water partition coefficient (Wildman–Crippen LogP) is 2.84. The highest BCUT2D eigenvalue weighted by Crippen LogP contribution is 2.29. The van der Waals surface area contributed by atoms with Crippen LogP contribution in [0.1, 0.15) is 11.1 Å². The highest BCUT2D eigenvalue weighted by molar-refractivity contribution is 7.17. The summed E-state index contributed by atoms with van der Waals surface area (Å²) in [5.41, 5.74) is 1.84. The molecule has 3 heteroatoms. The summed E-state index contributed by atoms with van der Waals surface area (Å²) < 4.78 is 13.8. The van der Waals surface area contributed by atoms with Crippen molar-refractivity contribution in [3.8, 4) is 0 Å². The number of benzene rings is 1. The van der Waals surface area contributed by atoms with Gasteiger partial charge in [-0.15, -0.1) is 11.3 Å². The molecular formula is C10H9FOS. The number of rotatable bonds is 1. The molecule has 13 heavy (non-hydrogen) atoms. The van der Waals surface area contributed by atoms with Gasteiger partial charge < -0.3 is 5.11 Å². The molecule has 2 rings (SSSR count). The summed E-state index contributed by atoms with van der Waals surface area (Å²) in [6.45, 7) is 1.89. The number of hydrogen-bond donors (Lipinski definition) is 1. The highest BCUT2D eigenvalue weighted by Gasteiger charge is 2.07. The number of halogens is 1. The van der Waals surface area contributed by atoms with E-state index in [4.69, 9.17) is 5.11 Å². The van der Waals surface area contributed by atoms with Gasteiger partial charge in [-0.25, -0.2) is 0 Å². The Bertz CT molecular complexity index is 447. The summed E-state index contributed by atoms with van der Waals surface area (Å²) in [4.78, 5) is 0. The molecule has 1 aromatic carbocycles. The maximum atomic E-state index is 12.9. The standard InChI is InChI=1S/C10H9FOS/c1-6-2-3-9-7(8(6)5-12)4-10(11)13-9/h2-4,12H,5H2,1H3. The lowest BCUT2D eigenvalue weighted by atomic mass is 10.1. The third-order valence-corrected chi connectivity index (χ3v) is 3.06. The van der Waals surface area contributed by atoms with Gasteiger partial charge in [0.05, 0.1) is 6.61 Å². The highest BCUT2D eigenvalue weighted by atomic mass is 32.1. The minimum absolute atomic E-state index is 0.0284. The van der Waals surface area contributed by atoms with Crippen LogP contribution >= 0.6 is 11.3 Å². The second-order valence-electron chi connectivity index (χ2n) is 2.98. The van der Waals surface area contributed by atoms with Gasteiger partial charge in [0.1, 0.15) is 0 Å². The third-order valence-electron chi connectivity index (χ3n) is 2.17. The first kappa shape index (κ1) is 8.66. The molecule has 0 amide bonds. The predicted molar refractivity (Wildman–Crippen MR) is 52.4 cm³/mol. The maximum absolute atomic E-state index is 12.9. The van der Waals surface area contributed by atoms with Crippen LogP contribution in [0, 0.1) is 12.1 Å². The first-order valence-corrected chi connectivity index (χ1v) is 4.82. The van der Waals surface area contributed by atoms with E-state index in [2.05, 4.69) is 0 Å². The molecule has 0 bridgehead atoms. The normalized spacial score (nSPS) is 11.0. The maximum Gasteiger partial charge on any atom is 0.177 e. The van der Waals surface area contributed by atoms with Crippen molar-refractivity contribution in [2.24, 2.45) is 0 Å². The van der Waals surface area contributed by atoms with E-state index in [0.717, 1.165) is 32.5 Å². The summed E-state index contributed by atoms with van der Waals surface area (Å²) in [6, 6.07) is 5.28. The molecule has 0 aliphatic rings. The average molecular weight is 196 g/mol. The van der Waals surface area contributed by atoms with Crippen molar-refractivity contribution < 1.29 is 9.50 Å². The number of aliphatic hydroxyl groups excluding tert-OH is 1. The van der Waals surface area contributed by atoms with E-state index in [-0.39, 0.29) is 11.7 Å². The number of fused-ring (bicyclic) bond motifs is 1. The summed E-state index contributed by atoms with van der Waals surface area (Å²) in [6.07, 6.45) is 0. The van der Waals surface area contributed by atoms with Gasteiger partial charge in [-0.05, 0) is 30.2 Å². The molecule has 1 heterocycles. The molecule has 1 nitrogen and oxygen atoms in total. The van der Waals surface area contributed by atoms with Crippen LogP contribution in [-0.2, 0) is 6.61 Å². The zero-order valence-electron chi connectivity index (χ0n) is 7.17. The Morgan fingerprint density at radius 2 is 2.23 bits per heavy atom. The zero-order chi connectivity index (χ0) is 9.42. The fourth-order valence-corrected chi connectivity index (χ4v) is 2.27. The fourth-order valence-electron chi connectivity index (χ4n) is 1.46. The molecule has 0 atom stereocenters. The van der Waals surface area contributed by atoms with Crippen LogP contribution in [0.15, 0.2) is 18.2 Å². The van der Waals surface area contributed by atoms with E-state index in [0.29, 0.717) is 0 Å². The number of aryl methyl sites for hydroxylation is 1. The number of hydrogen-bond acceptors (Lipinski definition) is 2. The summed E-state index contributed by atoms with van der Waals surface area (Å²) in [7, 11) is 0. The van der Waals surface area contributed by atoms with Crippen molar-refractivity contribution in [3.63, 3.8) is 0 Å². The van der Waals surface area contributed by atoms with Gasteiger partial charge in [0.2, 0.25) is 0 Å². The average Bonchev–Trinajstić information content (AvgIpc) is 2.45. The van der Waals surface area contributed by atoms with Crippen molar-refractivity contribution in [3.05, 3.63) is 34.5 Å². The van der Waals surface area contributed by atoms with Crippen molar-refractivity contribution in [1.29, 1.82) is 0 Å². The van der Waals surface area contributed by atoms with Gasteiger partial charge in [0.15, 0.2) is 5.13 Å². The second-order valence-corrected chi connectivity index (χ2v) is 4.02. The largest absolute Gasteiger partial charge is 0.392 e. The topological polar surface area (TPSA) is 20.2 Å². The molecule has 0 radical (unpaired) electrons. The molecule has 68 valence electrons. The van der Waals surface area contributed by atoms with Crippen LogP contribution in [0.5, 0.6) is 0 Å². The SMILES string of the molecule is Cc1ccc2sc(F)cc2c1CO. The van der Waals surface area contributed by atoms with Crippen LogP contribution in [0.3, 0.4) is 0 Å². The molecule has 0 aliphatic heterocycles. The Hall–Kier alpha value is -0.930. The Balaban J connectivity index is 2.82. The molecule has 2 aromatic rings. The number of thiophene rings is 1. The van der Waals surface area contributed by atoms with Crippen LogP contribution < -0.4 is 0 Å². The molecule has 1 aromatic heterocycles. The number of aliphatic hydroxyl groups is 1. The van der Waals surface area contributed by atoms with E-state index in [9.17, 15) is 4.39 Å². The lowest BCUT2D eigenvalue weighted by molar-refractivity contribution is 0.282. The first-order valence-electron chi connectivity index (χ1n) is 4.01. The van der Waals surface area contributed by atoms with Crippen molar-refractivity contribution >= 4 is 21.4 Å². The van der Waals surface area contributed by atoms with Crippen LogP contribution in [0.25, 0.3) is 10.1 Å². The second kappa shape index (κ2) is 3.09. The van der Waals surface area contributed by atoms with Gasteiger partial charge >= 0.3 is 0 Å². The van der Waals surface area contributed by atoms with E-state index in [1.54, 1.807) is 0 Å². The van der Waals surface area contributed by atoms with Crippen molar-refractivity contribution in [1.82, 2.24) is 0 Å². The lowest BCUT2D eigenvalue weighted by Crippen LogP contribution is -1.87. The molecule has 0 saturated carbocycles. The monoisotopic (exact) mass is 196 g/mol. The Kier molecular flexibility index (Phi) is 2.06. The smallest absolute Gasteiger partial charge is 0.177 e. The van der Waals surface area contributed by atoms with E-state index in [1.165, 1.54) is 6.07 Å². The molecule has 0 saturated heterocycles. The van der Waals surface area contributed by atoms with Crippen molar-refractivity contribution in [2.45, 2.75) is 13.5 Å². The Morgan fingerprint density at radius 3 is 2.92 bits per heavy atom. The molecule has 0 unspecified atom stereocenters. The molecule has 0 spiro atoms. The molecule has 0 fully saturated rings. The summed E-state index contributed by atoms with van der Waals surface area (Å²) in [5.74, 6) is 0. The van der Waals surface area contributed by atoms with Gasteiger partial charge in [-0.2, -0.15) is 4.39 Å². The van der Waals surface area contributed by atoms with Gasteiger partial charge in [0, 0.05) is 10.1 Å². The molecular weight excluding hydrogens is 187 g/mol. The first-order chi connectivity index (χ1) is 6.22. The van der Waals surface area contributed by atoms with Gasteiger partial charge in [-0.3, -0.25) is 0 Å². The van der Waals surface area contributed by atoms with E-state index < -0.39 is 0 Å². The minimum Gasteiger partial charge on any atom is -0.392 e. The van der Waals surface area contributed by atoms with Gasteiger partial charge in [-0.1, -0.05) is 6.07 Å². The van der Waals surface area contributed by atoms with Crippen LogP contribution in [-0.4, -0.2) is 5.11 Å². The fraction of sp³-hybridized carbons (Fsp3) is 0.200. The van der Waals surface area contributed by atoms with Crippen LogP contribution in [0.4, 0.5) is 4.39 Å². The van der Waals surface area contributed by atoms with E-state index >= 15 is 0 Å². The molecule has 0 aliphatic carbocycles. The van der Waals surface area contributed by atoms with Crippen molar-refractivity contribution in [2.75, 3.05) is 0 Å². The quantitative estimate of drug-likeness (QED) is 0.743. The molecule has 1 N–H and O–H groups in total. The van der Waals surface area contributed by atoms with Crippen LogP contribution in [0.2, 0.25) is 0 Å². The summed E-state index contributed by atoms with van der Waals surface area (Å²) >= 11 is 1.11. The Morgan fingerprint density at radius 1 is 1.46 bits per heavy atom. The Labute approximate surface area is 79.4 Å². The lowest BCUT2D eigenvalue weighted by Gasteiger charge is -2.02. The minimum atomic E-state index is -0.199. The third kappa shape index (κ3) is 1.34. The van der Waals surface area contributed by atoms with Gasteiger partial charge in [0.25, 0.3) is 0 Å². The summed E-state index contributed by atoms with van der Waals surface area (Å²) in [5, 5.41) is 9.75. The van der Waals surface area contributed by atoms with E-state index in [1.807, 2.05) is 19.1 Å². The zero-order valence-corrected chi connectivity index (χ0v) is 7.99.